The predicted octanol–water partition coefficient (Wildman–Crippen LogP) is 3.34. The maximum absolute atomic E-state index is 13.5. The zero-order valence-electron chi connectivity index (χ0n) is 19.9. The molecule has 9 nitrogen and oxygen atoms in total. The monoisotopic (exact) mass is 514 g/mol. The highest BCUT2D eigenvalue weighted by molar-refractivity contribution is 7.18. The third kappa shape index (κ3) is 3.36. The number of rotatable bonds is 6. The number of thiazole rings is 1. The zero-order chi connectivity index (χ0) is 26.0. The minimum Gasteiger partial charge on any atom is -0.477 e. The van der Waals surface area contributed by atoms with Crippen molar-refractivity contribution in [2.75, 3.05) is 0 Å². The predicted molar refractivity (Wildman–Crippen MR) is 136 cm³/mol. The highest BCUT2D eigenvalue weighted by Crippen LogP contribution is 2.51. The Morgan fingerprint density at radius 3 is 2.54 bits per heavy atom. The van der Waals surface area contributed by atoms with Gasteiger partial charge in [-0.25, -0.2) is 9.78 Å². The second-order valence-electron chi connectivity index (χ2n) is 9.31. The molecular weight excluding hydrogens is 492 g/mol. The normalized spacial score (nSPS) is 21.8. The van der Waals surface area contributed by atoms with Gasteiger partial charge in [0, 0.05) is 41.2 Å². The van der Waals surface area contributed by atoms with Gasteiger partial charge in [0.15, 0.2) is 0 Å². The van der Waals surface area contributed by atoms with Crippen LogP contribution in [0.5, 0.6) is 0 Å². The first kappa shape index (κ1) is 23.3. The van der Waals surface area contributed by atoms with Crippen LogP contribution in [0.4, 0.5) is 0 Å². The van der Waals surface area contributed by atoms with Gasteiger partial charge in [0.1, 0.15) is 22.0 Å². The van der Waals surface area contributed by atoms with Gasteiger partial charge in [0.2, 0.25) is 11.7 Å². The molecule has 5 heterocycles. The van der Waals surface area contributed by atoms with Crippen LogP contribution in [0.1, 0.15) is 34.8 Å². The summed E-state index contributed by atoms with van der Waals surface area (Å²) < 4.78 is 1.81. The molecule has 186 valence electrons. The fourth-order valence-corrected chi connectivity index (χ4v) is 6.70. The van der Waals surface area contributed by atoms with Gasteiger partial charge in [-0.3, -0.25) is 19.0 Å². The number of carbonyl (C=O) groups is 3. The average Bonchev–Trinajstić information content (AvgIpc) is 3.53. The minimum atomic E-state index is -1.20. The molecule has 2 aliphatic rings. The Hall–Kier alpha value is -4.15. The Morgan fingerprint density at radius 2 is 1.89 bits per heavy atom. The molecule has 0 radical (unpaired) electrons. The number of amides is 1. The van der Waals surface area contributed by atoms with Gasteiger partial charge in [0.25, 0.3) is 0 Å². The summed E-state index contributed by atoms with van der Waals surface area (Å²) in [6, 6.07) is 12.4. The number of imidazole rings is 1. The standard InChI is InChI=1S/C27H22N4O5S/c1-13-18(22(27(35)36)31-21(13)19(14(2)32)25(31)34)17-12-30-24(15-7-4-3-5-8-15)29-20(26(30)37-17)23(33)16-9-6-10-28-11-16/h3-14,19,21,32H,1-2H3,(H,35,36)/t13-,14+,19+,21+/m0/s1. The number of aliphatic hydroxyl groups is 1. The van der Waals surface area contributed by atoms with Gasteiger partial charge in [-0.1, -0.05) is 37.3 Å². The topological polar surface area (TPSA) is 125 Å². The molecule has 10 heteroatoms. The van der Waals surface area contributed by atoms with Gasteiger partial charge in [-0.15, -0.1) is 11.3 Å². The number of β-lactam (4-membered cyclic amide) rings is 1. The first-order valence-electron chi connectivity index (χ1n) is 11.8. The second kappa shape index (κ2) is 8.46. The van der Waals surface area contributed by atoms with Crippen molar-refractivity contribution >= 4 is 39.4 Å². The third-order valence-corrected chi connectivity index (χ3v) is 8.26. The summed E-state index contributed by atoms with van der Waals surface area (Å²) in [4.78, 5) is 49.8. The molecule has 4 atom stereocenters. The lowest BCUT2D eigenvalue weighted by molar-refractivity contribution is -0.163. The smallest absolute Gasteiger partial charge is 0.352 e. The summed E-state index contributed by atoms with van der Waals surface area (Å²) in [6.45, 7) is 3.42. The van der Waals surface area contributed by atoms with Crippen LogP contribution in [0.25, 0.3) is 21.8 Å². The molecule has 0 unspecified atom stereocenters. The number of carbonyl (C=O) groups excluding carboxylic acids is 2. The summed E-state index contributed by atoms with van der Waals surface area (Å²) in [5.74, 6) is -2.31. The highest BCUT2D eigenvalue weighted by atomic mass is 32.1. The molecule has 1 fully saturated rings. The number of nitrogens with zero attached hydrogens (tertiary/aromatic N) is 4. The van der Waals surface area contributed by atoms with Crippen molar-refractivity contribution in [3.05, 3.63) is 82.9 Å². The summed E-state index contributed by atoms with van der Waals surface area (Å²) in [7, 11) is 0. The fourth-order valence-electron chi connectivity index (χ4n) is 5.47. The van der Waals surface area contributed by atoms with E-state index in [9.17, 15) is 24.6 Å². The number of hydrogen-bond acceptors (Lipinski definition) is 7. The summed E-state index contributed by atoms with van der Waals surface area (Å²) >= 11 is 1.26. The van der Waals surface area contributed by atoms with Crippen molar-refractivity contribution in [3.63, 3.8) is 0 Å². The van der Waals surface area contributed by atoms with Gasteiger partial charge in [-0.2, -0.15) is 0 Å². The largest absolute Gasteiger partial charge is 0.477 e. The Balaban J connectivity index is 1.55. The molecule has 0 bridgehead atoms. The summed E-state index contributed by atoms with van der Waals surface area (Å²) in [5.41, 5.74) is 1.88. The Morgan fingerprint density at radius 1 is 1.14 bits per heavy atom. The van der Waals surface area contributed by atoms with E-state index >= 15 is 0 Å². The first-order valence-corrected chi connectivity index (χ1v) is 12.6. The van der Waals surface area contributed by atoms with Crippen LogP contribution >= 0.6 is 11.3 Å². The van der Waals surface area contributed by atoms with E-state index in [-0.39, 0.29) is 29.0 Å². The molecule has 3 aromatic heterocycles. The summed E-state index contributed by atoms with van der Waals surface area (Å²) in [5, 5.41) is 20.3. The van der Waals surface area contributed by atoms with Crippen LogP contribution in [0.15, 0.2) is 66.8 Å². The van der Waals surface area contributed by atoms with E-state index < -0.39 is 24.0 Å². The molecule has 0 spiro atoms. The molecule has 2 N–H and O–H groups in total. The van der Waals surface area contributed by atoms with Crippen LogP contribution in [0, 0.1) is 11.8 Å². The SMILES string of the molecule is C[C@@H](O)[C@H]1C(=O)N2C(C(=O)O)=C(c3cn4c(-c5ccccc5)nc(C(=O)c5cccnc5)c4s3)[C@H](C)[C@H]12. The molecule has 0 aliphatic carbocycles. The Labute approximate surface area is 215 Å². The van der Waals surface area contributed by atoms with Gasteiger partial charge < -0.3 is 15.1 Å². The molecule has 2 aliphatic heterocycles. The van der Waals surface area contributed by atoms with E-state index in [1.54, 1.807) is 31.5 Å². The zero-order valence-corrected chi connectivity index (χ0v) is 20.7. The van der Waals surface area contributed by atoms with Gasteiger partial charge in [0.05, 0.1) is 22.9 Å². The van der Waals surface area contributed by atoms with Crippen molar-refractivity contribution in [1.29, 1.82) is 0 Å². The first-order chi connectivity index (χ1) is 17.8. The maximum Gasteiger partial charge on any atom is 0.352 e. The van der Waals surface area contributed by atoms with Crippen molar-refractivity contribution in [1.82, 2.24) is 19.3 Å². The van der Waals surface area contributed by atoms with E-state index in [2.05, 4.69) is 4.98 Å². The van der Waals surface area contributed by atoms with E-state index in [0.29, 0.717) is 26.7 Å². The van der Waals surface area contributed by atoms with Crippen LogP contribution in [-0.2, 0) is 9.59 Å². The number of ketones is 1. The number of aliphatic carboxylic acids is 1. The molecule has 1 aromatic carbocycles. The van der Waals surface area contributed by atoms with Crippen molar-refractivity contribution in [2.24, 2.45) is 11.8 Å². The van der Waals surface area contributed by atoms with Gasteiger partial charge >= 0.3 is 5.97 Å². The van der Waals surface area contributed by atoms with Crippen LogP contribution < -0.4 is 0 Å². The Bertz CT molecular complexity index is 1610. The number of carboxylic acid groups (broad SMARTS) is 1. The van der Waals surface area contributed by atoms with E-state index in [1.807, 2.05) is 41.7 Å². The van der Waals surface area contributed by atoms with Crippen LogP contribution in [0.3, 0.4) is 0 Å². The number of benzene rings is 1. The van der Waals surface area contributed by atoms with Crippen molar-refractivity contribution < 1.29 is 24.6 Å². The lowest BCUT2D eigenvalue weighted by Gasteiger charge is -2.46. The third-order valence-electron chi connectivity index (χ3n) is 7.13. The lowest BCUT2D eigenvalue weighted by atomic mass is 9.77. The number of aliphatic hydroxyl groups excluding tert-OH is 1. The number of aromatic nitrogens is 3. The molecule has 4 aromatic rings. The number of fused-ring (bicyclic) bond motifs is 2. The molecule has 1 saturated heterocycles. The minimum absolute atomic E-state index is 0.0711. The van der Waals surface area contributed by atoms with Gasteiger partial charge in [-0.05, 0) is 19.1 Å². The number of hydrogen-bond donors (Lipinski definition) is 2. The molecule has 1 amide bonds. The van der Waals surface area contributed by atoms with Crippen LogP contribution in [-0.4, -0.2) is 59.3 Å². The lowest BCUT2D eigenvalue weighted by Crippen LogP contribution is -2.63. The average molecular weight is 515 g/mol. The Kier molecular flexibility index (Phi) is 5.32. The highest BCUT2D eigenvalue weighted by Gasteiger charge is 2.60. The second-order valence-corrected chi connectivity index (χ2v) is 10.3. The molecular formula is C27H22N4O5S. The maximum atomic E-state index is 13.5. The molecule has 0 saturated carbocycles. The van der Waals surface area contributed by atoms with E-state index in [0.717, 1.165) is 5.56 Å². The molecule has 37 heavy (non-hydrogen) atoms. The van der Waals surface area contributed by atoms with E-state index in [1.165, 1.54) is 22.4 Å². The van der Waals surface area contributed by atoms with E-state index in [4.69, 9.17) is 4.98 Å². The quantitative estimate of drug-likeness (QED) is 0.299. The summed E-state index contributed by atoms with van der Waals surface area (Å²) in [6.07, 6.45) is 3.98. The van der Waals surface area contributed by atoms with Crippen LogP contribution in [0.2, 0.25) is 0 Å². The number of carboxylic acids is 1. The number of pyridine rings is 1. The van der Waals surface area contributed by atoms with Crippen molar-refractivity contribution in [2.45, 2.75) is 26.0 Å². The fraction of sp³-hybridized carbons (Fsp3) is 0.222. The molecule has 6 rings (SSSR count). The van der Waals surface area contributed by atoms with Crippen molar-refractivity contribution in [3.8, 4) is 11.4 Å².